The van der Waals surface area contributed by atoms with Crippen LogP contribution in [0.2, 0.25) is 13.1 Å². The Balaban J connectivity index is 0.00000217. The SMILES string of the molecule is CC1=Cc2c(cc(C)c(C)c2-c2ccccc2)[CH]1[Zr+2]([CH]1C(c2ccc(C)o2)=Cc2c1cc(C)c(C)c2-c1ccccc1)=[Si](C)C.[Cl-].[Cl-]. The van der Waals surface area contributed by atoms with Crippen LogP contribution >= 0.6 is 0 Å². The molecule has 2 aliphatic carbocycles. The maximum Gasteiger partial charge on any atom is -1.00 e. The van der Waals surface area contributed by atoms with Crippen molar-refractivity contribution in [1.82, 2.24) is 0 Å². The van der Waals surface area contributed by atoms with Crippen molar-refractivity contribution in [3.63, 3.8) is 0 Å². The molecule has 5 heteroatoms. The number of aryl methyl sites for hydroxylation is 3. The van der Waals surface area contributed by atoms with Crippen molar-refractivity contribution in [3.8, 4) is 22.3 Å². The number of halogens is 2. The van der Waals surface area contributed by atoms with Gasteiger partial charge in [-0.2, -0.15) is 0 Å². The first kappa shape index (κ1) is 35.6. The Morgan fingerprint density at radius 1 is 0.596 bits per heavy atom. The molecule has 0 radical (unpaired) electrons. The summed E-state index contributed by atoms with van der Waals surface area (Å²) in [6, 6.07) is 31.6. The first-order chi connectivity index (χ1) is 21.7. The minimum absolute atomic E-state index is 0. The summed E-state index contributed by atoms with van der Waals surface area (Å²) in [5.74, 6) is 2.05. The third-order valence-corrected chi connectivity index (χ3v) is 29.8. The van der Waals surface area contributed by atoms with Gasteiger partial charge in [0.25, 0.3) is 0 Å². The number of allylic oxidation sites excluding steroid dienone is 2. The maximum absolute atomic E-state index is 6.50. The van der Waals surface area contributed by atoms with Crippen molar-refractivity contribution in [3.05, 3.63) is 147 Å². The molecule has 238 valence electrons. The monoisotopic (exact) mass is 750 g/mol. The van der Waals surface area contributed by atoms with E-state index in [-0.39, 0.29) is 24.8 Å². The van der Waals surface area contributed by atoms with E-state index in [9.17, 15) is 0 Å². The van der Waals surface area contributed by atoms with E-state index in [0.29, 0.717) is 7.25 Å². The van der Waals surface area contributed by atoms with Gasteiger partial charge in [0.05, 0.1) is 0 Å². The zero-order valence-electron chi connectivity index (χ0n) is 28.6. The van der Waals surface area contributed by atoms with Crippen LogP contribution in [0.4, 0.5) is 0 Å². The number of rotatable bonds is 5. The molecule has 0 saturated carbocycles. The molecule has 5 aromatic rings. The average Bonchev–Trinajstić information content (AvgIpc) is 3.71. The molecule has 0 saturated heterocycles. The van der Waals surface area contributed by atoms with Gasteiger partial charge in [-0.3, -0.25) is 0 Å². The minimum Gasteiger partial charge on any atom is -1.00 e. The van der Waals surface area contributed by atoms with E-state index in [1.54, 1.807) is 16.7 Å². The molecule has 0 aliphatic heterocycles. The zero-order chi connectivity index (χ0) is 31.6. The summed E-state index contributed by atoms with van der Waals surface area (Å²) in [7, 11) is 0. The third kappa shape index (κ3) is 6.08. The summed E-state index contributed by atoms with van der Waals surface area (Å²) >= 11 is -2.39. The van der Waals surface area contributed by atoms with Crippen LogP contribution in [-0.4, -0.2) is 5.43 Å². The van der Waals surface area contributed by atoms with Crippen LogP contribution in [0.25, 0.3) is 40.0 Å². The largest absolute Gasteiger partial charge is 1.00 e. The Kier molecular flexibility index (Phi) is 10.6. The molecular formula is C42H42Cl2OSiZr. The van der Waals surface area contributed by atoms with E-state index < -0.39 is 25.8 Å². The molecule has 2 unspecified atom stereocenters. The van der Waals surface area contributed by atoms with Crippen molar-refractivity contribution in [2.75, 3.05) is 0 Å². The summed E-state index contributed by atoms with van der Waals surface area (Å²) in [5, 5.41) is 0. The van der Waals surface area contributed by atoms with Crippen LogP contribution in [0, 0.1) is 34.6 Å². The van der Waals surface area contributed by atoms with Gasteiger partial charge in [0.15, 0.2) is 0 Å². The van der Waals surface area contributed by atoms with Gasteiger partial charge < -0.3 is 24.8 Å². The van der Waals surface area contributed by atoms with Gasteiger partial charge in [-0.05, 0) is 0 Å². The van der Waals surface area contributed by atoms with Gasteiger partial charge in [-0.15, -0.1) is 0 Å². The summed E-state index contributed by atoms with van der Waals surface area (Å²) in [5.41, 5.74) is 19.5. The second kappa shape index (κ2) is 14.0. The van der Waals surface area contributed by atoms with Crippen LogP contribution in [-0.2, 0) is 20.4 Å². The van der Waals surface area contributed by atoms with Crippen molar-refractivity contribution in [1.29, 1.82) is 0 Å². The third-order valence-electron chi connectivity index (χ3n) is 10.2. The predicted octanol–water partition coefficient (Wildman–Crippen LogP) is 5.79. The fraction of sp³-hybridized carbons (Fsp3) is 0.238. The van der Waals surface area contributed by atoms with Gasteiger partial charge in [0, 0.05) is 0 Å². The smallest absolute Gasteiger partial charge is 1.00 e. The molecule has 0 spiro atoms. The van der Waals surface area contributed by atoms with Crippen molar-refractivity contribution < 1.29 is 49.6 Å². The Morgan fingerprint density at radius 2 is 1.09 bits per heavy atom. The molecule has 1 aromatic heterocycles. The van der Waals surface area contributed by atoms with E-state index in [2.05, 4.69) is 152 Å². The van der Waals surface area contributed by atoms with Gasteiger partial charge in [0.2, 0.25) is 0 Å². The minimum atomic E-state index is -2.39. The number of fused-ring (bicyclic) bond motifs is 2. The quantitative estimate of drug-likeness (QED) is 0.208. The van der Waals surface area contributed by atoms with E-state index in [1.165, 1.54) is 61.2 Å². The summed E-state index contributed by atoms with van der Waals surface area (Å²) in [6.07, 6.45) is 5.09. The average molecular weight is 753 g/mol. The van der Waals surface area contributed by atoms with Crippen molar-refractivity contribution in [2.24, 2.45) is 0 Å². The van der Waals surface area contributed by atoms with Gasteiger partial charge in [-0.1, -0.05) is 0 Å². The first-order valence-electron chi connectivity index (χ1n) is 16.2. The molecule has 0 amide bonds. The molecule has 1 heterocycles. The van der Waals surface area contributed by atoms with Gasteiger partial charge in [0.1, 0.15) is 0 Å². The number of benzene rings is 4. The predicted molar refractivity (Wildman–Crippen MR) is 191 cm³/mol. The number of hydrogen-bond donors (Lipinski definition) is 0. The molecule has 4 aromatic carbocycles. The van der Waals surface area contributed by atoms with Crippen LogP contribution in [0.15, 0.2) is 94.9 Å². The summed E-state index contributed by atoms with van der Waals surface area (Å²) in [6.45, 7) is 19.0. The van der Waals surface area contributed by atoms with Crippen LogP contribution < -0.4 is 24.8 Å². The number of furan rings is 1. The van der Waals surface area contributed by atoms with E-state index >= 15 is 0 Å². The number of hydrogen-bond acceptors (Lipinski definition) is 1. The van der Waals surface area contributed by atoms with Crippen LogP contribution in [0.3, 0.4) is 0 Å². The molecule has 0 N–H and O–H groups in total. The van der Waals surface area contributed by atoms with E-state index in [4.69, 9.17) is 4.42 Å². The van der Waals surface area contributed by atoms with E-state index in [1.807, 2.05) is 0 Å². The second-order valence-corrected chi connectivity index (χ2v) is 31.2. The Morgan fingerprint density at radius 3 is 1.55 bits per heavy atom. The Labute approximate surface area is 301 Å². The van der Waals surface area contributed by atoms with Crippen LogP contribution in [0.5, 0.6) is 0 Å². The molecule has 1 nitrogen and oxygen atoms in total. The second-order valence-electron chi connectivity index (χ2n) is 13.3. The van der Waals surface area contributed by atoms with Gasteiger partial charge >= 0.3 is 279 Å². The van der Waals surface area contributed by atoms with Crippen molar-refractivity contribution in [2.45, 2.75) is 61.9 Å². The summed E-state index contributed by atoms with van der Waals surface area (Å²) in [4.78, 5) is 0. The molecule has 0 fully saturated rings. The molecule has 2 atom stereocenters. The first-order valence-corrected chi connectivity index (χ1v) is 25.2. The fourth-order valence-corrected chi connectivity index (χ4v) is 28.1. The summed E-state index contributed by atoms with van der Waals surface area (Å²) < 4.78 is 7.49. The Hall–Kier alpha value is -2.68. The standard InChI is InChI=1S/C22H19O.C18H17.C2H6Si.2ClH.Zr/c1-14-11-18-12-19(21-10-9-15(2)23-21)13-20(18)22(16(14)3)17-7-5-4-6-8-17;1-12-9-16-11-13(2)14(3)18(17(16)10-12)15-7-5-4-6-8-15;1-3-2;;;/h4-13H,1-3H3;4-11H,1-3H3;1-2H3;2*1H;/q;;;;;+2/p-2. The van der Waals surface area contributed by atoms with E-state index in [0.717, 1.165) is 11.5 Å². The molecular weight excluding hydrogens is 711 g/mol. The maximum atomic E-state index is 6.50. The fourth-order valence-electron chi connectivity index (χ4n) is 7.93. The molecule has 0 bridgehead atoms. The zero-order valence-corrected chi connectivity index (χ0v) is 33.5. The molecule has 2 aliphatic rings. The molecule has 7 rings (SSSR count). The molecule has 47 heavy (non-hydrogen) atoms. The van der Waals surface area contributed by atoms with Gasteiger partial charge in [-0.25, -0.2) is 0 Å². The van der Waals surface area contributed by atoms with Crippen LogP contribution in [0.1, 0.15) is 70.2 Å². The Bertz CT molecular complexity index is 2080. The normalized spacial score (nSPS) is 15.8. The topological polar surface area (TPSA) is 13.1 Å². The van der Waals surface area contributed by atoms with Crippen molar-refractivity contribution >= 4 is 23.2 Å².